The number of unbranched alkanes of at least 4 members (excludes halogenated alkanes) is 12. The fraction of sp³-hybridized carbons (Fsp3) is 0.938. The van der Waals surface area contributed by atoms with Crippen molar-refractivity contribution >= 4 is 23.3 Å². The maximum Gasteiger partial charge on any atom is 1.00 e. The Morgan fingerprint density at radius 1 is 0.750 bits per heavy atom. The molecule has 0 aromatic heterocycles. The third-order valence-electron chi connectivity index (χ3n) is 3.49. The van der Waals surface area contributed by atoms with E-state index >= 15 is 0 Å². The molecule has 0 heterocycles. The summed E-state index contributed by atoms with van der Waals surface area (Å²) in [7, 11) is 0. The molecule has 0 rings (SSSR count). The molecule has 0 aromatic rings. The quantitative estimate of drug-likeness (QED) is 0.389. The molecular formula is C16H36AlLiO2. The van der Waals surface area contributed by atoms with Crippen LogP contribution >= 0.6 is 0 Å². The SMILES string of the molecule is CCCCCCCCCCCCCCCC(=O)O.[AlH3].[H-].[Li+]. The Bertz CT molecular complexity index is 195. The first-order valence-corrected chi connectivity index (χ1v) is 7.99. The zero-order valence-electron chi connectivity index (χ0n) is 14.3. The van der Waals surface area contributed by atoms with Crippen LogP contribution in [0.1, 0.15) is 98.2 Å². The second kappa shape index (κ2) is 21.9. The molecule has 0 bridgehead atoms. The first-order valence-electron chi connectivity index (χ1n) is 7.99. The van der Waals surface area contributed by atoms with Gasteiger partial charge in [0.25, 0.3) is 0 Å². The zero-order chi connectivity index (χ0) is 13.5. The molecule has 0 radical (unpaired) electrons. The molecule has 0 spiro atoms. The van der Waals surface area contributed by atoms with Crippen LogP contribution in [0.25, 0.3) is 0 Å². The molecule has 1 N–H and O–H groups in total. The Balaban J connectivity index is -0.000000482. The Labute approximate surface area is 150 Å². The van der Waals surface area contributed by atoms with Crippen LogP contribution in [0.3, 0.4) is 0 Å². The van der Waals surface area contributed by atoms with Gasteiger partial charge in [-0.1, -0.05) is 84.0 Å². The van der Waals surface area contributed by atoms with Crippen molar-refractivity contribution in [1.29, 1.82) is 0 Å². The summed E-state index contributed by atoms with van der Waals surface area (Å²) in [4.78, 5) is 10.3. The van der Waals surface area contributed by atoms with Gasteiger partial charge in [-0.2, -0.15) is 0 Å². The van der Waals surface area contributed by atoms with Gasteiger partial charge in [0.1, 0.15) is 0 Å². The minimum Gasteiger partial charge on any atom is -1.00 e. The molecule has 0 unspecified atom stereocenters. The summed E-state index contributed by atoms with van der Waals surface area (Å²) in [6, 6.07) is 0. The van der Waals surface area contributed by atoms with E-state index in [9.17, 15) is 4.79 Å². The fourth-order valence-electron chi connectivity index (χ4n) is 2.29. The summed E-state index contributed by atoms with van der Waals surface area (Å²) < 4.78 is 0. The van der Waals surface area contributed by atoms with Crippen LogP contribution in [-0.2, 0) is 4.79 Å². The van der Waals surface area contributed by atoms with Crippen LogP contribution in [0.15, 0.2) is 0 Å². The third-order valence-corrected chi connectivity index (χ3v) is 3.49. The zero-order valence-corrected chi connectivity index (χ0v) is 13.3. The molecular weight excluding hydrogens is 258 g/mol. The summed E-state index contributed by atoms with van der Waals surface area (Å²) in [5.41, 5.74) is 0. The first kappa shape index (κ1) is 25.5. The van der Waals surface area contributed by atoms with Gasteiger partial charge in [0, 0.05) is 6.42 Å². The Hall–Kier alpha value is 0.600. The van der Waals surface area contributed by atoms with Crippen molar-refractivity contribution in [1.82, 2.24) is 0 Å². The summed E-state index contributed by atoms with van der Waals surface area (Å²) in [6.45, 7) is 2.26. The average molecular weight is 294 g/mol. The summed E-state index contributed by atoms with van der Waals surface area (Å²) >= 11 is 0. The maximum absolute atomic E-state index is 10.3. The summed E-state index contributed by atoms with van der Waals surface area (Å²) in [6.07, 6.45) is 17.3. The molecule has 0 aromatic carbocycles. The van der Waals surface area contributed by atoms with Crippen LogP contribution in [0, 0.1) is 0 Å². The molecule has 116 valence electrons. The standard InChI is InChI=1S/C16H32O2.Al.Li.4H/c1-2-3-4-5-6-7-8-9-10-11-12-13-14-15-16(17)18;;;;;;/h2-15H2,1H3,(H,17,18);;;;;;/q;;+1;;;;-1. The van der Waals surface area contributed by atoms with Gasteiger partial charge in [-0.3, -0.25) is 4.79 Å². The largest absolute Gasteiger partial charge is 1.00 e. The minimum atomic E-state index is -0.655. The van der Waals surface area contributed by atoms with E-state index < -0.39 is 5.97 Å². The normalized spacial score (nSPS) is 9.65. The molecule has 2 nitrogen and oxygen atoms in total. The minimum absolute atomic E-state index is 0. The number of carbonyl (C=O) groups is 1. The molecule has 0 aliphatic heterocycles. The van der Waals surface area contributed by atoms with Crippen LogP contribution < -0.4 is 18.9 Å². The monoisotopic (exact) mass is 294 g/mol. The summed E-state index contributed by atoms with van der Waals surface area (Å²) in [5.74, 6) is -0.655. The van der Waals surface area contributed by atoms with Crippen LogP contribution in [0.2, 0.25) is 0 Å². The van der Waals surface area contributed by atoms with Gasteiger partial charge in [0.05, 0.1) is 0 Å². The maximum atomic E-state index is 10.3. The van der Waals surface area contributed by atoms with Crippen LogP contribution in [0.4, 0.5) is 0 Å². The van der Waals surface area contributed by atoms with Crippen LogP contribution in [-0.4, -0.2) is 28.4 Å². The molecule has 0 saturated carbocycles. The van der Waals surface area contributed by atoms with E-state index in [2.05, 4.69) is 6.92 Å². The van der Waals surface area contributed by atoms with Gasteiger partial charge in [-0.05, 0) is 6.42 Å². The third kappa shape index (κ3) is 23.7. The van der Waals surface area contributed by atoms with Gasteiger partial charge in [0.15, 0.2) is 17.4 Å². The van der Waals surface area contributed by atoms with Crippen molar-refractivity contribution in [2.45, 2.75) is 96.8 Å². The van der Waals surface area contributed by atoms with Crippen molar-refractivity contribution in [3.05, 3.63) is 0 Å². The molecule has 4 heteroatoms. The van der Waals surface area contributed by atoms with E-state index in [0.29, 0.717) is 6.42 Å². The molecule has 0 fully saturated rings. The number of carboxylic acid groups (broad SMARTS) is 1. The van der Waals surface area contributed by atoms with Gasteiger partial charge >= 0.3 is 24.8 Å². The fourth-order valence-corrected chi connectivity index (χ4v) is 2.29. The molecule has 0 amide bonds. The van der Waals surface area contributed by atoms with Gasteiger partial charge in [-0.25, -0.2) is 0 Å². The van der Waals surface area contributed by atoms with Crippen molar-refractivity contribution in [2.75, 3.05) is 0 Å². The Morgan fingerprint density at radius 2 is 1.05 bits per heavy atom. The number of hydrogen-bond acceptors (Lipinski definition) is 1. The predicted molar refractivity (Wildman–Crippen MR) is 89.0 cm³/mol. The van der Waals surface area contributed by atoms with Gasteiger partial charge < -0.3 is 6.53 Å². The predicted octanol–water partition coefficient (Wildman–Crippen LogP) is 1.48. The van der Waals surface area contributed by atoms with E-state index in [1.54, 1.807) is 0 Å². The number of aliphatic carboxylic acids is 1. The second-order valence-corrected chi connectivity index (χ2v) is 5.39. The topological polar surface area (TPSA) is 37.3 Å². The number of carboxylic acids is 1. The van der Waals surface area contributed by atoms with Crippen LogP contribution in [0.5, 0.6) is 0 Å². The van der Waals surface area contributed by atoms with Crippen molar-refractivity contribution < 1.29 is 30.2 Å². The molecule has 0 aliphatic carbocycles. The van der Waals surface area contributed by atoms with E-state index in [-0.39, 0.29) is 37.6 Å². The van der Waals surface area contributed by atoms with E-state index in [4.69, 9.17) is 5.11 Å². The van der Waals surface area contributed by atoms with Gasteiger partial charge in [0.2, 0.25) is 0 Å². The van der Waals surface area contributed by atoms with Crippen molar-refractivity contribution in [3.63, 3.8) is 0 Å². The molecule has 0 aliphatic rings. The Morgan fingerprint density at radius 3 is 1.35 bits per heavy atom. The second-order valence-electron chi connectivity index (χ2n) is 5.39. The molecule has 0 atom stereocenters. The number of hydrogen-bond donors (Lipinski definition) is 1. The van der Waals surface area contributed by atoms with Gasteiger partial charge in [-0.15, -0.1) is 0 Å². The molecule has 0 saturated heterocycles. The first-order chi connectivity index (χ1) is 8.77. The van der Waals surface area contributed by atoms with Crippen molar-refractivity contribution in [3.8, 4) is 0 Å². The Kier molecular flexibility index (Phi) is 28.0. The average Bonchev–Trinajstić information content (AvgIpc) is 2.34. The molecule has 20 heavy (non-hydrogen) atoms. The van der Waals surface area contributed by atoms with E-state index in [0.717, 1.165) is 12.8 Å². The summed E-state index contributed by atoms with van der Waals surface area (Å²) in [5, 5.41) is 8.49. The van der Waals surface area contributed by atoms with E-state index in [1.165, 1.54) is 70.6 Å². The van der Waals surface area contributed by atoms with Crippen molar-refractivity contribution in [2.24, 2.45) is 0 Å². The van der Waals surface area contributed by atoms with E-state index in [1.807, 2.05) is 0 Å². The number of rotatable bonds is 14. The smallest absolute Gasteiger partial charge is 1.00 e.